The third kappa shape index (κ3) is 2.22. The van der Waals surface area contributed by atoms with Gasteiger partial charge in [0.1, 0.15) is 5.39 Å². The summed E-state index contributed by atoms with van der Waals surface area (Å²) in [7, 11) is 0. The molecule has 0 unspecified atom stereocenters. The van der Waals surface area contributed by atoms with Gasteiger partial charge in [0.15, 0.2) is 5.65 Å². The Kier molecular flexibility index (Phi) is 3.18. The summed E-state index contributed by atoms with van der Waals surface area (Å²) in [5.74, 6) is 0. The van der Waals surface area contributed by atoms with Crippen LogP contribution in [0.4, 0.5) is 0 Å². The average molecular weight is 338 g/mol. The minimum Gasteiger partial charge on any atom is -0.312 e. The van der Waals surface area contributed by atoms with E-state index in [1.807, 2.05) is 54.6 Å². The molecule has 3 heterocycles. The minimum absolute atomic E-state index is 0.186. The number of aromatic amines is 1. The van der Waals surface area contributed by atoms with E-state index >= 15 is 0 Å². The van der Waals surface area contributed by atoms with Crippen molar-refractivity contribution in [1.82, 2.24) is 19.6 Å². The standard InChI is InChI=1S/C21H14N4O/c26-21-19-18-12-16(14-7-3-1-4-8-14)11-17(15-9-5-2-6-10-15)25(18)24-20(19)22-13-23-21/h1-13H,(H,22,23,24,26). The van der Waals surface area contributed by atoms with Gasteiger partial charge in [-0.15, -0.1) is 5.10 Å². The van der Waals surface area contributed by atoms with E-state index < -0.39 is 0 Å². The van der Waals surface area contributed by atoms with Crippen molar-refractivity contribution < 1.29 is 0 Å². The number of hydrogen-bond donors (Lipinski definition) is 1. The predicted molar refractivity (Wildman–Crippen MR) is 102 cm³/mol. The molecule has 5 rings (SSSR count). The number of nitrogens with one attached hydrogen (secondary N) is 1. The van der Waals surface area contributed by atoms with Crippen LogP contribution >= 0.6 is 0 Å². The lowest BCUT2D eigenvalue weighted by Crippen LogP contribution is -2.05. The van der Waals surface area contributed by atoms with Crippen LogP contribution < -0.4 is 5.56 Å². The highest BCUT2D eigenvalue weighted by Crippen LogP contribution is 2.30. The lowest BCUT2D eigenvalue weighted by molar-refractivity contribution is 0.976. The summed E-state index contributed by atoms with van der Waals surface area (Å²) in [6.07, 6.45) is 1.39. The normalized spacial score (nSPS) is 11.2. The number of benzene rings is 2. The fraction of sp³-hybridized carbons (Fsp3) is 0. The second kappa shape index (κ2) is 5.67. The molecule has 0 spiro atoms. The molecule has 0 fully saturated rings. The van der Waals surface area contributed by atoms with E-state index in [0.29, 0.717) is 11.0 Å². The van der Waals surface area contributed by atoms with E-state index in [0.717, 1.165) is 27.9 Å². The Labute approximate surface area is 148 Å². The smallest absolute Gasteiger partial charge is 0.262 e. The first-order valence-corrected chi connectivity index (χ1v) is 8.32. The Hall–Kier alpha value is -3.73. The number of nitrogens with zero attached hydrogens (tertiary/aromatic N) is 3. The molecule has 3 aromatic heterocycles. The zero-order valence-electron chi connectivity index (χ0n) is 13.8. The van der Waals surface area contributed by atoms with Crippen LogP contribution in [0, 0.1) is 0 Å². The number of H-pyrrole nitrogens is 1. The van der Waals surface area contributed by atoms with Crippen LogP contribution in [-0.4, -0.2) is 19.6 Å². The topological polar surface area (TPSA) is 63.0 Å². The van der Waals surface area contributed by atoms with Gasteiger partial charge in [0.05, 0.1) is 17.5 Å². The lowest BCUT2D eigenvalue weighted by atomic mass is 10.0. The van der Waals surface area contributed by atoms with Crippen molar-refractivity contribution in [3.05, 3.63) is 89.5 Å². The SMILES string of the molecule is O=c1[nH]cnc2nn3c(-c4ccccc4)cc(-c4ccccc4)cc3c12. The molecule has 0 saturated heterocycles. The van der Waals surface area contributed by atoms with Crippen LogP contribution in [0.1, 0.15) is 0 Å². The highest BCUT2D eigenvalue weighted by Gasteiger charge is 2.15. The van der Waals surface area contributed by atoms with Crippen LogP contribution in [0.5, 0.6) is 0 Å². The molecule has 0 aliphatic rings. The van der Waals surface area contributed by atoms with Crippen molar-refractivity contribution in [3.8, 4) is 22.4 Å². The van der Waals surface area contributed by atoms with Gasteiger partial charge in [0, 0.05) is 5.56 Å². The summed E-state index contributed by atoms with van der Waals surface area (Å²) in [4.78, 5) is 19.3. The third-order valence-electron chi connectivity index (χ3n) is 4.50. The Bertz CT molecular complexity index is 1290. The first kappa shape index (κ1) is 14.6. The van der Waals surface area contributed by atoms with E-state index in [4.69, 9.17) is 0 Å². The number of rotatable bonds is 2. The summed E-state index contributed by atoms with van der Waals surface area (Å²) in [6.45, 7) is 0. The molecule has 0 saturated carbocycles. The highest BCUT2D eigenvalue weighted by atomic mass is 16.1. The van der Waals surface area contributed by atoms with Crippen molar-refractivity contribution in [2.75, 3.05) is 0 Å². The van der Waals surface area contributed by atoms with E-state index in [2.05, 4.69) is 33.3 Å². The first-order valence-electron chi connectivity index (χ1n) is 8.32. The van der Waals surface area contributed by atoms with E-state index in [-0.39, 0.29) is 5.56 Å². The molecule has 1 N–H and O–H groups in total. The molecular formula is C21H14N4O. The van der Waals surface area contributed by atoms with Crippen LogP contribution in [0.15, 0.2) is 83.9 Å². The Morgan fingerprint density at radius 2 is 1.50 bits per heavy atom. The number of aromatic nitrogens is 4. The Morgan fingerprint density at radius 1 is 0.808 bits per heavy atom. The van der Waals surface area contributed by atoms with Gasteiger partial charge in [-0.25, -0.2) is 9.50 Å². The molecular weight excluding hydrogens is 324 g/mol. The van der Waals surface area contributed by atoms with E-state index in [9.17, 15) is 4.79 Å². The van der Waals surface area contributed by atoms with Crippen LogP contribution in [-0.2, 0) is 0 Å². The molecule has 2 aromatic carbocycles. The van der Waals surface area contributed by atoms with Crippen molar-refractivity contribution in [1.29, 1.82) is 0 Å². The second-order valence-electron chi connectivity index (χ2n) is 6.09. The predicted octanol–water partition coefficient (Wildman–Crippen LogP) is 3.90. The van der Waals surface area contributed by atoms with Crippen LogP contribution in [0.2, 0.25) is 0 Å². The van der Waals surface area contributed by atoms with Gasteiger partial charge in [-0.05, 0) is 23.3 Å². The molecule has 26 heavy (non-hydrogen) atoms. The van der Waals surface area contributed by atoms with E-state index in [1.54, 1.807) is 4.52 Å². The Balaban J connectivity index is 1.94. The maximum atomic E-state index is 12.4. The van der Waals surface area contributed by atoms with Crippen LogP contribution in [0.3, 0.4) is 0 Å². The maximum Gasteiger partial charge on any atom is 0.262 e. The quantitative estimate of drug-likeness (QED) is 0.531. The number of pyridine rings is 1. The highest BCUT2D eigenvalue weighted by molar-refractivity contribution is 5.94. The molecule has 5 aromatic rings. The summed E-state index contributed by atoms with van der Waals surface area (Å²) in [5.41, 5.74) is 5.06. The molecule has 0 bridgehead atoms. The fourth-order valence-corrected chi connectivity index (χ4v) is 3.28. The van der Waals surface area contributed by atoms with Gasteiger partial charge < -0.3 is 4.98 Å². The minimum atomic E-state index is -0.186. The van der Waals surface area contributed by atoms with Gasteiger partial charge in [-0.3, -0.25) is 4.79 Å². The maximum absolute atomic E-state index is 12.4. The largest absolute Gasteiger partial charge is 0.312 e. The average Bonchev–Trinajstić information content (AvgIpc) is 3.08. The molecule has 5 nitrogen and oxygen atoms in total. The molecule has 0 radical (unpaired) electrons. The van der Waals surface area contributed by atoms with Gasteiger partial charge in [0.25, 0.3) is 5.56 Å². The second-order valence-corrected chi connectivity index (χ2v) is 6.09. The van der Waals surface area contributed by atoms with Crippen molar-refractivity contribution >= 4 is 16.6 Å². The fourth-order valence-electron chi connectivity index (χ4n) is 3.28. The summed E-state index contributed by atoms with van der Waals surface area (Å²) < 4.78 is 1.80. The van der Waals surface area contributed by atoms with Crippen LogP contribution in [0.25, 0.3) is 38.9 Å². The molecule has 5 heteroatoms. The molecule has 0 atom stereocenters. The molecule has 0 aliphatic heterocycles. The third-order valence-corrected chi connectivity index (χ3v) is 4.50. The van der Waals surface area contributed by atoms with Gasteiger partial charge in [0.2, 0.25) is 0 Å². The Morgan fingerprint density at radius 3 is 2.23 bits per heavy atom. The number of hydrogen-bond acceptors (Lipinski definition) is 3. The summed E-state index contributed by atoms with van der Waals surface area (Å²) in [5, 5.41) is 5.07. The van der Waals surface area contributed by atoms with Gasteiger partial charge in [-0.1, -0.05) is 60.7 Å². The van der Waals surface area contributed by atoms with Crippen molar-refractivity contribution in [2.45, 2.75) is 0 Å². The number of fused-ring (bicyclic) bond motifs is 3. The van der Waals surface area contributed by atoms with Gasteiger partial charge >= 0.3 is 0 Å². The molecule has 0 aliphatic carbocycles. The monoisotopic (exact) mass is 338 g/mol. The van der Waals surface area contributed by atoms with Gasteiger partial charge in [-0.2, -0.15) is 0 Å². The zero-order valence-corrected chi connectivity index (χ0v) is 13.8. The van der Waals surface area contributed by atoms with E-state index in [1.165, 1.54) is 6.33 Å². The van der Waals surface area contributed by atoms with Crippen molar-refractivity contribution in [2.24, 2.45) is 0 Å². The molecule has 0 amide bonds. The molecule has 124 valence electrons. The first-order chi connectivity index (χ1) is 12.8. The van der Waals surface area contributed by atoms with Crippen molar-refractivity contribution in [3.63, 3.8) is 0 Å². The lowest BCUT2D eigenvalue weighted by Gasteiger charge is -2.09. The summed E-state index contributed by atoms with van der Waals surface area (Å²) in [6, 6.07) is 24.2. The zero-order chi connectivity index (χ0) is 17.5. The summed E-state index contributed by atoms with van der Waals surface area (Å²) >= 11 is 0.